The lowest BCUT2D eigenvalue weighted by Gasteiger charge is -2.38. The molecule has 2 atom stereocenters. The van der Waals surface area contributed by atoms with Crippen LogP contribution in [-0.2, 0) is 30.5 Å². The molecule has 0 spiro atoms. The van der Waals surface area contributed by atoms with Crippen LogP contribution in [0, 0.1) is 0 Å². The molecule has 1 amide bonds. The smallest absolute Gasteiger partial charge is 0.254 e. The number of ether oxygens (including phenoxy) is 2. The van der Waals surface area contributed by atoms with E-state index in [0.717, 1.165) is 75.1 Å². The molecule has 3 aliphatic heterocycles. The SMILES string of the molecule is O=C1c2ccc(OC[C@@H]3CCCO3)cc2CCN1[C@H]1CCc2cc(CN3CCCC3)ccc2C1. The topological polar surface area (TPSA) is 42.0 Å². The van der Waals surface area contributed by atoms with Crippen LogP contribution < -0.4 is 4.74 Å². The molecule has 2 aromatic rings. The van der Waals surface area contributed by atoms with Crippen molar-refractivity contribution >= 4 is 5.91 Å². The molecule has 0 saturated carbocycles. The lowest BCUT2D eigenvalue weighted by Crippen LogP contribution is -2.47. The van der Waals surface area contributed by atoms with Gasteiger partial charge in [-0.25, -0.2) is 0 Å². The third kappa shape index (κ3) is 4.60. The molecule has 1 aliphatic carbocycles. The van der Waals surface area contributed by atoms with Crippen LogP contribution in [0.15, 0.2) is 36.4 Å². The summed E-state index contributed by atoms with van der Waals surface area (Å²) in [5.74, 6) is 1.04. The molecular formula is C29H36N2O3. The number of amides is 1. The van der Waals surface area contributed by atoms with E-state index in [4.69, 9.17) is 9.47 Å². The van der Waals surface area contributed by atoms with Crippen LogP contribution in [-0.4, -0.2) is 60.7 Å². The second-order valence-electron chi connectivity index (χ2n) is 10.5. The molecule has 34 heavy (non-hydrogen) atoms. The minimum absolute atomic E-state index is 0.186. The summed E-state index contributed by atoms with van der Waals surface area (Å²) in [6, 6.07) is 13.3. The van der Waals surface area contributed by atoms with Crippen molar-refractivity contribution < 1.29 is 14.3 Å². The number of nitrogens with zero attached hydrogens (tertiary/aromatic N) is 2. The summed E-state index contributed by atoms with van der Waals surface area (Å²) in [6.45, 7) is 5.79. The van der Waals surface area contributed by atoms with Crippen LogP contribution in [0.25, 0.3) is 0 Å². The van der Waals surface area contributed by atoms with Gasteiger partial charge in [0.05, 0.1) is 6.10 Å². The van der Waals surface area contributed by atoms with Gasteiger partial charge in [0, 0.05) is 31.3 Å². The second kappa shape index (κ2) is 9.71. The van der Waals surface area contributed by atoms with E-state index in [2.05, 4.69) is 34.1 Å². The van der Waals surface area contributed by atoms with Crippen molar-refractivity contribution in [2.24, 2.45) is 0 Å². The predicted octanol–water partition coefficient (Wildman–Crippen LogP) is 4.40. The second-order valence-corrected chi connectivity index (χ2v) is 10.5. The Morgan fingerprint density at radius 2 is 1.82 bits per heavy atom. The number of aryl methyl sites for hydroxylation is 1. The first-order chi connectivity index (χ1) is 16.7. The molecule has 0 N–H and O–H groups in total. The van der Waals surface area contributed by atoms with Crippen LogP contribution in [0.2, 0.25) is 0 Å². The molecule has 2 aromatic carbocycles. The maximum atomic E-state index is 13.4. The van der Waals surface area contributed by atoms with Crippen LogP contribution in [0.1, 0.15) is 64.7 Å². The fourth-order valence-corrected chi connectivity index (χ4v) is 6.24. The van der Waals surface area contributed by atoms with E-state index in [9.17, 15) is 4.79 Å². The van der Waals surface area contributed by atoms with E-state index in [1.807, 2.05) is 12.1 Å². The zero-order chi connectivity index (χ0) is 22.9. The first-order valence-corrected chi connectivity index (χ1v) is 13.2. The lowest BCUT2D eigenvalue weighted by atomic mass is 9.85. The Hall–Kier alpha value is -2.37. The number of hydrogen-bond acceptors (Lipinski definition) is 4. The Kier molecular flexibility index (Phi) is 6.32. The van der Waals surface area contributed by atoms with E-state index in [1.165, 1.54) is 42.6 Å². The Labute approximate surface area is 203 Å². The molecule has 0 bridgehead atoms. The van der Waals surface area contributed by atoms with Gasteiger partial charge >= 0.3 is 0 Å². The summed E-state index contributed by atoms with van der Waals surface area (Å²) >= 11 is 0. The van der Waals surface area contributed by atoms with Gasteiger partial charge in [-0.05, 0) is 105 Å². The van der Waals surface area contributed by atoms with Crippen molar-refractivity contribution in [2.75, 3.05) is 32.8 Å². The monoisotopic (exact) mass is 460 g/mol. The maximum Gasteiger partial charge on any atom is 0.254 e. The van der Waals surface area contributed by atoms with E-state index in [-0.39, 0.29) is 12.0 Å². The Morgan fingerprint density at radius 3 is 2.68 bits per heavy atom. The molecule has 5 heteroatoms. The molecule has 6 rings (SSSR count). The Bertz CT molecular complexity index is 1040. The van der Waals surface area contributed by atoms with Gasteiger partial charge in [0.25, 0.3) is 5.91 Å². The van der Waals surface area contributed by atoms with E-state index in [1.54, 1.807) is 0 Å². The number of carbonyl (C=O) groups excluding carboxylic acids is 1. The number of hydrogen-bond donors (Lipinski definition) is 0. The average Bonchev–Trinajstić information content (AvgIpc) is 3.57. The molecule has 0 radical (unpaired) electrons. The van der Waals surface area contributed by atoms with Crippen molar-refractivity contribution in [1.29, 1.82) is 0 Å². The van der Waals surface area contributed by atoms with E-state index >= 15 is 0 Å². The summed E-state index contributed by atoms with van der Waals surface area (Å²) in [4.78, 5) is 18.1. The van der Waals surface area contributed by atoms with Crippen LogP contribution >= 0.6 is 0 Å². The minimum atomic E-state index is 0.186. The molecule has 2 saturated heterocycles. The van der Waals surface area contributed by atoms with E-state index < -0.39 is 0 Å². The highest BCUT2D eigenvalue weighted by atomic mass is 16.5. The lowest BCUT2D eigenvalue weighted by molar-refractivity contribution is 0.0638. The molecule has 4 aliphatic rings. The fraction of sp³-hybridized carbons (Fsp3) is 0.552. The molecule has 0 unspecified atom stereocenters. The van der Waals surface area contributed by atoms with Gasteiger partial charge in [-0.15, -0.1) is 0 Å². The summed E-state index contributed by atoms with van der Waals surface area (Å²) in [5.41, 5.74) is 6.33. The Morgan fingerprint density at radius 1 is 0.912 bits per heavy atom. The van der Waals surface area contributed by atoms with Gasteiger partial charge < -0.3 is 14.4 Å². The van der Waals surface area contributed by atoms with Crippen LogP contribution in [0.3, 0.4) is 0 Å². The fourth-order valence-electron chi connectivity index (χ4n) is 6.24. The predicted molar refractivity (Wildman–Crippen MR) is 132 cm³/mol. The maximum absolute atomic E-state index is 13.4. The van der Waals surface area contributed by atoms with Crippen molar-refractivity contribution in [2.45, 2.75) is 70.1 Å². The number of fused-ring (bicyclic) bond motifs is 2. The zero-order valence-electron chi connectivity index (χ0n) is 20.1. The number of rotatable bonds is 6. The summed E-state index contributed by atoms with van der Waals surface area (Å²) in [7, 11) is 0. The summed E-state index contributed by atoms with van der Waals surface area (Å²) in [5, 5.41) is 0. The third-order valence-corrected chi connectivity index (χ3v) is 8.17. The minimum Gasteiger partial charge on any atom is -0.491 e. The number of likely N-dealkylation sites (tertiary alicyclic amines) is 1. The first kappa shape index (κ1) is 22.1. The Balaban J connectivity index is 1.10. The third-order valence-electron chi connectivity index (χ3n) is 8.17. The summed E-state index contributed by atoms with van der Waals surface area (Å²) < 4.78 is 11.6. The molecule has 3 heterocycles. The standard InChI is InChI=1S/C29H36N2O3/c32-29-28-10-9-26(34-20-27-4-3-15-33-27)18-24(28)11-14-31(29)25-8-7-22-16-21(5-6-23(22)17-25)19-30-12-1-2-13-30/h5-6,9-10,16,18,25,27H,1-4,7-8,11-15,17,19-20H2/t25-,27-/m0/s1. The number of benzene rings is 2. The van der Waals surface area contributed by atoms with Gasteiger partial charge in [0.15, 0.2) is 0 Å². The number of carbonyl (C=O) groups is 1. The van der Waals surface area contributed by atoms with Gasteiger partial charge in [0.2, 0.25) is 0 Å². The van der Waals surface area contributed by atoms with Gasteiger partial charge in [-0.2, -0.15) is 0 Å². The molecule has 2 fully saturated rings. The van der Waals surface area contributed by atoms with E-state index in [0.29, 0.717) is 12.6 Å². The molecule has 180 valence electrons. The van der Waals surface area contributed by atoms with Crippen LogP contribution in [0.5, 0.6) is 5.75 Å². The normalized spacial score (nSPS) is 24.8. The van der Waals surface area contributed by atoms with Crippen molar-refractivity contribution in [3.8, 4) is 5.75 Å². The van der Waals surface area contributed by atoms with Gasteiger partial charge in [0.1, 0.15) is 12.4 Å². The zero-order valence-corrected chi connectivity index (χ0v) is 20.1. The van der Waals surface area contributed by atoms with Crippen molar-refractivity contribution in [1.82, 2.24) is 9.80 Å². The van der Waals surface area contributed by atoms with Gasteiger partial charge in [-0.3, -0.25) is 9.69 Å². The largest absolute Gasteiger partial charge is 0.491 e. The average molecular weight is 461 g/mol. The molecular weight excluding hydrogens is 424 g/mol. The summed E-state index contributed by atoms with van der Waals surface area (Å²) in [6.07, 6.45) is 9.08. The highest BCUT2D eigenvalue weighted by Crippen LogP contribution is 2.31. The van der Waals surface area contributed by atoms with Gasteiger partial charge in [-0.1, -0.05) is 18.2 Å². The van der Waals surface area contributed by atoms with Crippen LogP contribution in [0.4, 0.5) is 0 Å². The van der Waals surface area contributed by atoms with Crippen molar-refractivity contribution in [3.63, 3.8) is 0 Å². The molecule has 5 nitrogen and oxygen atoms in total. The first-order valence-electron chi connectivity index (χ1n) is 13.2. The van der Waals surface area contributed by atoms with Crippen molar-refractivity contribution in [3.05, 3.63) is 64.2 Å². The molecule has 0 aromatic heterocycles. The quantitative estimate of drug-likeness (QED) is 0.641. The highest BCUT2D eigenvalue weighted by Gasteiger charge is 2.32. The highest BCUT2D eigenvalue weighted by molar-refractivity contribution is 5.97.